The van der Waals surface area contributed by atoms with Crippen molar-refractivity contribution in [3.05, 3.63) is 29.8 Å². The SMILES string of the molecule is CC(C)OCCOCc1cccc(NC(=O)CNC(=O)CN)c1. The molecular formula is C16H25N3O4. The molecule has 0 saturated carbocycles. The van der Waals surface area contributed by atoms with Crippen LogP contribution < -0.4 is 16.4 Å². The Morgan fingerprint density at radius 2 is 2.00 bits per heavy atom. The molecule has 2 amide bonds. The van der Waals surface area contributed by atoms with Gasteiger partial charge in [0.15, 0.2) is 0 Å². The zero-order valence-corrected chi connectivity index (χ0v) is 13.6. The van der Waals surface area contributed by atoms with Gasteiger partial charge >= 0.3 is 0 Å². The minimum absolute atomic E-state index is 0.108. The van der Waals surface area contributed by atoms with Crippen molar-refractivity contribution in [2.24, 2.45) is 5.73 Å². The molecule has 23 heavy (non-hydrogen) atoms. The maximum Gasteiger partial charge on any atom is 0.243 e. The number of nitrogens with two attached hydrogens (primary N) is 1. The lowest BCUT2D eigenvalue weighted by Crippen LogP contribution is -2.36. The quantitative estimate of drug-likeness (QED) is 0.548. The Morgan fingerprint density at radius 3 is 2.70 bits per heavy atom. The van der Waals surface area contributed by atoms with E-state index in [0.29, 0.717) is 25.5 Å². The second-order valence-electron chi connectivity index (χ2n) is 5.20. The monoisotopic (exact) mass is 323 g/mol. The molecule has 0 atom stereocenters. The van der Waals surface area contributed by atoms with Gasteiger partial charge in [0.1, 0.15) is 0 Å². The Bertz CT molecular complexity index is 506. The molecule has 0 unspecified atom stereocenters. The number of carbonyl (C=O) groups is 2. The number of hydrogen-bond donors (Lipinski definition) is 3. The molecule has 0 aromatic heterocycles. The third kappa shape index (κ3) is 8.92. The number of carbonyl (C=O) groups excluding carboxylic acids is 2. The van der Waals surface area contributed by atoms with E-state index >= 15 is 0 Å². The zero-order chi connectivity index (χ0) is 17.1. The van der Waals surface area contributed by atoms with Crippen molar-refractivity contribution in [1.29, 1.82) is 0 Å². The Morgan fingerprint density at radius 1 is 1.22 bits per heavy atom. The normalized spacial score (nSPS) is 10.6. The van der Waals surface area contributed by atoms with Crippen molar-refractivity contribution in [1.82, 2.24) is 5.32 Å². The fourth-order valence-corrected chi connectivity index (χ4v) is 1.73. The third-order valence-corrected chi connectivity index (χ3v) is 2.79. The van der Waals surface area contributed by atoms with Gasteiger partial charge in [0.05, 0.1) is 39.0 Å². The Hall–Kier alpha value is -1.96. The van der Waals surface area contributed by atoms with Crippen molar-refractivity contribution in [3.63, 3.8) is 0 Å². The van der Waals surface area contributed by atoms with Crippen LogP contribution in [0.4, 0.5) is 5.69 Å². The average Bonchev–Trinajstić information content (AvgIpc) is 2.52. The predicted molar refractivity (Wildman–Crippen MR) is 87.9 cm³/mol. The molecule has 1 aromatic rings. The van der Waals surface area contributed by atoms with Crippen LogP contribution in [0.1, 0.15) is 19.4 Å². The second-order valence-corrected chi connectivity index (χ2v) is 5.20. The summed E-state index contributed by atoms with van der Waals surface area (Å²) >= 11 is 0. The second kappa shape index (κ2) is 10.7. The summed E-state index contributed by atoms with van der Waals surface area (Å²) in [5.41, 5.74) is 6.74. The maximum absolute atomic E-state index is 11.7. The summed E-state index contributed by atoms with van der Waals surface area (Å²) in [7, 11) is 0. The van der Waals surface area contributed by atoms with Crippen LogP contribution in [0.25, 0.3) is 0 Å². The Kier molecular flexibility index (Phi) is 8.89. The molecule has 0 aliphatic carbocycles. The molecule has 0 radical (unpaired) electrons. The number of rotatable bonds is 10. The van der Waals surface area contributed by atoms with Crippen LogP contribution in [0.5, 0.6) is 0 Å². The van der Waals surface area contributed by atoms with Crippen molar-refractivity contribution < 1.29 is 19.1 Å². The Labute approximate surface area is 136 Å². The molecule has 4 N–H and O–H groups in total. The molecule has 0 heterocycles. The minimum atomic E-state index is -0.370. The fourth-order valence-electron chi connectivity index (χ4n) is 1.73. The number of amides is 2. The molecular weight excluding hydrogens is 298 g/mol. The Balaban J connectivity index is 2.35. The molecule has 0 saturated heterocycles. The van der Waals surface area contributed by atoms with E-state index < -0.39 is 0 Å². The van der Waals surface area contributed by atoms with Crippen LogP contribution in [0.2, 0.25) is 0 Å². The van der Waals surface area contributed by atoms with Crippen LogP contribution >= 0.6 is 0 Å². The first-order valence-corrected chi connectivity index (χ1v) is 7.56. The summed E-state index contributed by atoms with van der Waals surface area (Å²) in [6, 6.07) is 7.34. The molecule has 1 rings (SSSR count). The lowest BCUT2D eigenvalue weighted by Gasteiger charge is -2.10. The van der Waals surface area contributed by atoms with Gasteiger partial charge in [-0.2, -0.15) is 0 Å². The largest absolute Gasteiger partial charge is 0.376 e. The van der Waals surface area contributed by atoms with E-state index in [1.54, 1.807) is 6.07 Å². The fraction of sp³-hybridized carbons (Fsp3) is 0.500. The molecule has 1 aromatic carbocycles. The van der Waals surface area contributed by atoms with Gasteiger partial charge < -0.3 is 25.8 Å². The summed E-state index contributed by atoms with van der Waals surface area (Å²) in [6.07, 6.45) is 0.192. The van der Waals surface area contributed by atoms with E-state index in [9.17, 15) is 9.59 Å². The van der Waals surface area contributed by atoms with Gasteiger partial charge in [-0.05, 0) is 31.5 Å². The summed E-state index contributed by atoms with van der Waals surface area (Å²) in [5, 5.41) is 5.11. The first-order chi connectivity index (χ1) is 11.0. The van der Waals surface area contributed by atoms with Crippen molar-refractivity contribution in [2.75, 3.05) is 31.6 Å². The van der Waals surface area contributed by atoms with Crippen LogP contribution in [-0.2, 0) is 25.7 Å². The predicted octanol–water partition coefficient (Wildman–Crippen LogP) is 0.642. The first-order valence-electron chi connectivity index (χ1n) is 7.56. The molecule has 0 aliphatic heterocycles. The van der Waals surface area contributed by atoms with Crippen molar-refractivity contribution in [3.8, 4) is 0 Å². The van der Waals surface area contributed by atoms with Gasteiger partial charge in [-0.1, -0.05) is 12.1 Å². The average molecular weight is 323 g/mol. The standard InChI is InChI=1S/C16H25N3O4/c1-12(2)23-7-6-22-11-13-4-3-5-14(8-13)19-16(21)10-18-15(20)9-17/h3-5,8,12H,6-7,9-11,17H2,1-2H3,(H,18,20)(H,19,21). The summed E-state index contributed by atoms with van der Waals surface area (Å²) in [6.45, 7) is 5.21. The number of nitrogens with one attached hydrogen (secondary N) is 2. The van der Waals surface area contributed by atoms with Crippen LogP contribution in [0, 0.1) is 0 Å². The highest BCUT2D eigenvalue weighted by Crippen LogP contribution is 2.11. The van der Waals surface area contributed by atoms with Gasteiger partial charge in [-0.15, -0.1) is 0 Å². The third-order valence-electron chi connectivity index (χ3n) is 2.79. The zero-order valence-electron chi connectivity index (χ0n) is 13.6. The summed E-state index contributed by atoms with van der Waals surface area (Å²) in [5.74, 6) is -0.680. The maximum atomic E-state index is 11.7. The highest BCUT2D eigenvalue weighted by Gasteiger charge is 2.05. The van der Waals surface area contributed by atoms with Gasteiger partial charge in [-0.25, -0.2) is 0 Å². The molecule has 0 bridgehead atoms. The van der Waals surface area contributed by atoms with E-state index in [2.05, 4.69) is 10.6 Å². The highest BCUT2D eigenvalue weighted by atomic mass is 16.5. The smallest absolute Gasteiger partial charge is 0.243 e. The topological polar surface area (TPSA) is 103 Å². The van der Waals surface area contributed by atoms with Gasteiger partial charge in [0, 0.05) is 5.69 Å². The molecule has 0 spiro atoms. The lowest BCUT2D eigenvalue weighted by atomic mass is 10.2. The number of ether oxygens (including phenoxy) is 2. The molecule has 0 aliphatic rings. The lowest BCUT2D eigenvalue weighted by molar-refractivity contribution is -0.123. The summed E-state index contributed by atoms with van der Waals surface area (Å²) < 4.78 is 10.9. The number of hydrogen-bond acceptors (Lipinski definition) is 5. The van der Waals surface area contributed by atoms with E-state index in [1.807, 2.05) is 32.0 Å². The van der Waals surface area contributed by atoms with E-state index in [4.69, 9.17) is 15.2 Å². The van der Waals surface area contributed by atoms with Crippen molar-refractivity contribution in [2.45, 2.75) is 26.6 Å². The molecule has 0 fully saturated rings. The first kappa shape index (κ1) is 19.1. The number of benzene rings is 1. The van der Waals surface area contributed by atoms with Gasteiger partial charge in [0.25, 0.3) is 0 Å². The molecule has 128 valence electrons. The van der Waals surface area contributed by atoms with Crippen LogP contribution in [-0.4, -0.2) is 44.2 Å². The minimum Gasteiger partial charge on any atom is -0.376 e. The van der Waals surface area contributed by atoms with E-state index in [-0.39, 0.29) is 31.0 Å². The van der Waals surface area contributed by atoms with Crippen LogP contribution in [0.15, 0.2) is 24.3 Å². The number of anilines is 1. The molecule has 7 nitrogen and oxygen atoms in total. The van der Waals surface area contributed by atoms with Gasteiger partial charge in [0.2, 0.25) is 11.8 Å². The van der Waals surface area contributed by atoms with E-state index in [0.717, 1.165) is 5.56 Å². The summed E-state index contributed by atoms with van der Waals surface area (Å²) in [4.78, 5) is 22.7. The highest BCUT2D eigenvalue weighted by molar-refractivity contribution is 5.94. The van der Waals surface area contributed by atoms with Gasteiger partial charge in [-0.3, -0.25) is 9.59 Å². The van der Waals surface area contributed by atoms with Crippen LogP contribution in [0.3, 0.4) is 0 Å². The van der Waals surface area contributed by atoms with E-state index in [1.165, 1.54) is 0 Å². The molecule has 7 heteroatoms. The van der Waals surface area contributed by atoms with Crippen molar-refractivity contribution >= 4 is 17.5 Å².